The molecule has 1 aromatic heterocycles. The summed E-state index contributed by atoms with van der Waals surface area (Å²) in [4.78, 5) is 4.20. The molecule has 1 aliphatic heterocycles. The van der Waals surface area contributed by atoms with Gasteiger partial charge < -0.3 is 0 Å². The van der Waals surface area contributed by atoms with Crippen LogP contribution >= 0.6 is 0 Å². The van der Waals surface area contributed by atoms with Crippen molar-refractivity contribution in [2.75, 3.05) is 13.2 Å². The van der Waals surface area contributed by atoms with Crippen molar-refractivity contribution in [1.29, 1.82) is 0 Å². The first-order valence-corrected chi connectivity index (χ1v) is 4.76. The molecular formula is C6H6O2Se. The summed E-state index contributed by atoms with van der Waals surface area (Å²) >= 11 is 0.481. The maximum absolute atomic E-state index is 5.29. The van der Waals surface area contributed by atoms with Crippen molar-refractivity contribution in [3.05, 3.63) is 9.88 Å². The third-order valence-corrected chi connectivity index (χ3v) is 2.66. The first-order chi connectivity index (χ1) is 4.47. The Labute approximate surface area is 59.1 Å². The Morgan fingerprint density at radius 2 is 1.67 bits per heavy atom. The number of ether oxygens (including phenoxy) is 2. The molecule has 2 heterocycles. The van der Waals surface area contributed by atoms with E-state index in [4.69, 9.17) is 9.47 Å². The monoisotopic (exact) mass is 190 g/mol. The molecule has 0 aromatic carbocycles. The fourth-order valence-corrected chi connectivity index (χ4v) is 2.22. The summed E-state index contributed by atoms with van der Waals surface area (Å²) in [5, 5.41) is 0. The zero-order valence-electron chi connectivity index (χ0n) is 4.79. The van der Waals surface area contributed by atoms with E-state index in [2.05, 4.69) is 9.88 Å². The van der Waals surface area contributed by atoms with Gasteiger partial charge in [-0.2, -0.15) is 0 Å². The van der Waals surface area contributed by atoms with Gasteiger partial charge in [-0.1, -0.05) is 0 Å². The molecule has 0 amide bonds. The average molecular weight is 189 g/mol. The van der Waals surface area contributed by atoms with Gasteiger partial charge in [-0.25, -0.2) is 0 Å². The molecule has 1 aromatic rings. The van der Waals surface area contributed by atoms with E-state index in [-0.39, 0.29) is 0 Å². The molecule has 0 atom stereocenters. The van der Waals surface area contributed by atoms with Crippen molar-refractivity contribution in [2.24, 2.45) is 0 Å². The Hall–Kier alpha value is -0.401. The van der Waals surface area contributed by atoms with Gasteiger partial charge in [0.25, 0.3) is 0 Å². The first-order valence-electron chi connectivity index (χ1n) is 2.78. The standard InChI is InChI=1S/C6H6O2Se/c1-2-8-6-4-9-3-5(6)7-1/h3-4H,1-2H2. The minimum atomic E-state index is 0.481. The first kappa shape index (κ1) is 5.39. The third-order valence-electron chi connectivity index (χ3n) is 1.19. The van der Waals surface area contributed by atoms with Crippen LogP contribution in [0.1, 0.15) is 0 Å². The molecule has 0 spiro atoms. The van der Waals surface area contributed by atoms with Crippen molar-refractivity contribution in [1.82, 2.24) is 0 Å². The van der Waals surface area contributed by atoms with E-state index in [9.17, 15) is 0 Å². The van der Waals surface area contributed by atoms with Gasteiger partial charge in [0.05, 0.1) is 0 Å². The number of fused-ring (bicyclic) bond motifs is 1. The molecule has 1 aliphatic rings. The van der Waals surface area contributed by atoms with E-state index in [1.807, 2.05) is 0 Å². The average Bonchev–Trinajstić information content (AvgIpc) is 2.33. The summed E-state index contributed by atoms with van der Waals surface area (Å²) in [5.41, 5.74) is 0. The van der Waals surface area contributed by atoms with Gasteiger partial charge in [0.15, 0.2) is 0 Å². The van der Waals surface area contributed by atoms with Crippen molar-refractivity contribution in [3.8, 4) is 11.5 Å². The Balaban J connectivity index is 2.39. The molecule has 9 heavy (non-hydrogen) atoms. The van der Waals surface area contributed by atoms with Gasteiger partial charge in [-0.3, -0.25) is 0 Å². The van der Waals surface area contributed by atoms with Crippen molar-refractivity contribution in [2.45, 2.75) is 0 Å². The fraction of sp³-hybridized carbons (Fsp3) is 0.333. The second kappa shape index (κ2) is 2.08. The van der Waals surface area contributed by atoms with E-state index in [1.54, 1.807) is 0 Å². The summed E-state index contributed by atoms with van der Waals surface area (Å²) in [7, 11) is 0. The number of hydrogen-bond acceptors (Lipinski definition) is 2. The molecule has 48 valence electrons. The van der Waals surface area contributed by atoms with Crippen LogP contribution in [-0.2, 0) is 0 Å². The zero-order chi connectivity index (χ0) is 6.10. The van der Waals surface area contributed by atoms with Gasteiger partial charge in [0, 0.05) is 0 Å². The van der Waals surface area contributed by atoms with Crippen LogP contribution in [-0.4, -0.2) is 27.7 Å². The summed E-state index contributed by atoms with van der Waals surface area (Å²) in [6, 6.07) is 0. The fourth-order valence-electron chi connectivity index (χ4n) is 0.787. The Morgan fingerprint density at radius 1 is 1.11 bits per heavy atom. The summed E-state index contributed by atoms with van der Waals surface area (Å²) < 4.78 is 10.6. The van der Waals surface area contributed by atoms with Crippen LogP contribution in [0.5, 0.6) is 11.5 Å². The van der Waals surface area contributed by atoms with Gasteiger partial charge in [0.2, 0.25) is 0 Å². The van der Waals surface area contributed by atoms with Gasteiger partial charge in [-0.15, -0.1) is 0 Å². The van der Waals surface area contributed by atoms with Crippen LogP contribution in [0.15, 0.2) is 9.88 Å². The topological polar surface area (TPSA) is 18.5 Å². The summed E-state index contributed by atoms with van der Waals surface area (Å²) in [6.45, 7) is 1.42. The Morgan fingerprint density at radius 3 is 2.22 bits per heavy atom. The molecule has 2 nitrogen and oxygen atoms in total. The summed E-state index contributed by atoms with van der Waals surface area (Å²) in [6.07, 6.45) is 0. The SMILES string of the molecule is c1[se]cc2c1OCCO2. The molecule has 0 saturated carbocycles. The van der Waals surface area contributed by atoms with Gasteiger partial charge in [0.1, 0.15) is 0 Å². The second-order valence-electron chi connectivity index (χ2n) is 1.80. The van der Waals surface area contributed by atoms with Crippen molar-refractivity contribution >= 4 is 14.5 Å². The predicted octanol–water partition coefficient (Wildman–Crippen LogP) is 0.515. The van der Waals surface area contributed by atoms with E-state index in [0.29, 0.717) is 27.7 Å². The van der Waals surface area contributed by atoms with Crippen LogP contribution in [0.3, 0.4) is 0 Å². The van der Waals surface area contributed by atoms with E-state index < -0.39 is 0 Å². The van der Waals surface area contributed by atoms with Crippen LogP contribution < -0.4 is 9.47 Å². The molecule has 0 saturated heterocycles. The molecule has 2 rings (SSSR count). The quantitative estimate of drug-likeness (QED) is 0.554. The second-order valence-corrected chi connectivity index (χ2v) is 3.36. The summed E-state index contributed by atoms with van der Waals surface area (Å²) in [5.74, 6) is 1.92. The van der Waals surface area contributed by atoms with Crippen LogP contribution in [0, 0.1) is 0 Å². The van der Waals surface area contributed by atoms with E-state index in [0.717, 1.165) is 11.5 Å². The normalized spacial score (nSPS) is 15.6. The van der Waals surface area contributed by atoms with E-state index in [1.165, 1.54) is 0 Å². The Bertz CT molecular complexity index is 186. The molecule has 0 unspecified atom stereocenters. The predicted molar refractivity (Wildman–Crippen MR) is 34.4 cm³/mol. The Kier molecular flexibility index (Phi) is 1.25. The molecule has 3 heteroatoms. The minimum absolute atomic E-state index is 0.481. The molecule has 0 aliphatic carbocycles. The van der Waals surface area contributed by atoms with Crippen LogP contribution in [0.4, 0.5) is 0 Å². The van der Waals surface area contributed by atoms with Gasteiger partial charge in [-0.05, 0) is 0 Å². The number of hydrogen-bond donors (Lipinski definition) is 0. The maximum atomic E-state index is 5.29. The molecule has 0 N–H and O–H groups in total. The third kappa shape index (κ3) is 0.865. The van der Waals surface area contributed by atoms with Crippen LogP contribution in [0.25, 0.3) is 0 Å². The number of rotatable bonds is 0. The molecular weight excluding hydrogens is 183 g/mol. The molecule has 0 radical (unpaired) electrons. The molecule has 0 bridgehead atoms. The van der Waals surface area contributed by atoms with Crippen molar-refractivity contribution < 1.29 is 9.47 Å². The van der Waals surface area contributed by atoms with Crippen LogP contribution in [0.2, 0.25) is 0 Å². The zero-order valence-corrected chi connectivity index (χ0v) is 6.51. The van der Waals surface area contributed by atoms with E-state index >= 15 is 0 Å². The van der Waals surface area contributed by atoms with Gasteiger partial charge >= 0.3 is 58.6 Å². The van der Waals surface area contributed by atoms with Crippen molar-refractivity contribution in [3.63, 3.8) is 0 Å². The molecule has 0 fully saturated rings.